The van der Waals surface area contributed by atoms with Crippen molar-refractivity contribution >= 4 is 5.78 Å². The van der Waals surface area contributed by atoms with Gasteiger partial charge in [0.2, 0.25) is 5.88 Å². The largest absolute Gasteiger partial charge is 0.477 e. The maximum atomic E-state index is 11.1. The Morgan fingerprint density at radius 2 is 2.17 bits per heavy atom. The average Bonchev–Trinajstić information content (AvgIpc) is 2.38. The molecule has 3 heteroatoms. The number of carbonyl (C=O) groups excluding carboxylic acids is 1. The lowest BCUT2D eigenvalue weighted by molar-refractivity contribution is 0.101. The number of carbonyl (C=O) groups is 1. The lowest BCUT2D eigenvalue weighted by Gasteiger charge is -2.24. The molecule has 0 fully saturated rings. The first-order valence-corrected chi connectivity index (χ1v) is 6.41. The molecule has 1 aromatic rings. The van der Waals surface area contributed by atoms with Gasteiger partial charge >= 0.3 is 0 Å². The van der Waals surface area contributed by atoms with E-state index in [9.17, 15) is 4.79 Å². The predicted molar refractivity (Wildman–Crippen MR) is 70.8 cm³/mol. The van der Waals surface area contributed by atoms with Crippen molar-refractivity contribution in [3.8, 4) is 5.88 Å². The molecule has 96 valence electrons. The first kappa shape index (κ1) is 12.8. The van der Waals surface area contributed by atoms with Crippen LogP contribution in [-0.2, 0) is 0 Å². The highest BCUT2D eigenvalue weighted by molar-refractivity contribution is 5.93. The fourth-order valence-electron chi connectivity index (χ4n) is 2.11. The topological polar surface area (TPSA) is 39.2 Å². The van der Waals surface area contributed by atoms with Crippen molar-refractivity contribution < 1.29 is 9.53 Å². The van der Waals surface area contributed by atoms with E-state index in [4.69, 9.17) is 4.74 Å². The monoisotopic (exact) mass is 245 g/mol. The van der Waals surface area contributed by atoms with Crippen LogP contribution in [0.25, 0.3) is 0 Å². The number of ether oxygens (including phenoxy) is 1. The third kappa shape index (κ3) is 3.19. The smallest absolute Gasteiger partial charge is 0.213 e. The predicted octanol–water partition coefficient (Wildman–Crippen LogP) is 3.27. The minimum Gasteiger partial charge on any atom is -0.477 e. The van der Waals surface area contributed by atoms with Crippen LogP contribution in [0.2, 0.25) is 0 Å². The molecule has 0 aromatic carbocycles. The summed E-state index contributed by atoms with van der Waals surface area (Å²) in [5.74, 6) is 1.85. The normalized spacial score (nSPS) is 22.8. The lowest BCUT2D eigenvalue weighted by atomic mass is 9.85. The summed E-state index contributed by atoms with van der Waals surface area (Å²) in [6, 6.07) is 3.52. The lowest BCUT2D eigenvalue weighted by Crippen LogP contribution is -2.21. The number of allylic oxidation sites excluding steroid dienone is 2. The van der Waals surface area contributed by atoms with Crippen molar-refractivity contribution in [2.75, 3.05) is 6.61 Å². The maximum Gasteiger partial charge on any atom is 0.213 e. The van der Waals surface area contributed by atoms with Gasteiger partial charge in [0.15, 0.2) is 5.78 Å². The van der Waals surface area contributed by atoms with Crippen molar-refractivity contribution in [1.82, 2.24) is 4.98 Å². The number of hydrogen-bond donors (Lipinski definition) is 0. The molecule has 0 radical (unpaired) electrons. The summed E-state index contributed by atoms with van der Waals surface area (Å²) < 4.78 is 5.69. The Kier molecular flexibility index (Phi) is 4.13. The minimum absolute atomic E-state index is 0.0279. The van der Waals surface area contributed by atoms with Crippen LogP contribution in [0.1, 0.15) is 37.0 Å². The van der Waals surface area contributed by atoms with Crippen molar-refractivity contribution in [1.29, 1.82) is 0 Å². The standard InChI is InChI=1S/C15H19NO2/c1-11-5-3-4-6-14(11)10-18-15-8-7-13(9-16-15)12(2)17/h3-4,7-9,11,14H,5-6,10H2,1-2H3. The van der Waals surface area contributed by atoms with Crippen LogP contribution in [-0.4, -0.2) is 17.4 Å². The molecule has 0 spiro atoms. The molecule has 18 heavy (non-hydrogen) atoms. The van der Waals surface area contributed by atoms with Gasteiger partial charge in [0.1, 0.15) is 0 Å². The summed E-state index contributed by atoms with van der Waals surface area (Å²) in [4.78, 5) is 15.3. The van der Waals surface area contributed by atoms with Gasteiger partial charge < -0.3 is 4.74 Å². The minimum atomic E-state index is 0.0279. The molecule has 0 saturated heterocycles. The molecular formula is C15H19NO2. The molecule has 0 aliphatic heterocycles. The second kappa shape index (κ2) is 5.80. The van der Waals surface area contributed by atoms with Gasteiger partial charge in [-0.15, -0.1) is 0 Å². The van der Waals surface area contributed by atoms with Crippen LogP contribution >= 0.6 is 0 Å². The Balaban J connectivity index is 1.90. The van der Waals surface area contributed by atoms with E-state index in [0.29, 0.717) is 29.9 Å². The third-order valence-electron chi connectivity index (χ3n) is 3.51. The fourth-order valence-corrected chi connectivity index (χ4v) is 2.11. The Hall–Kier alpha value is -1.64. The molecular weight excluding hydrogens is 226 g/mol. The SMILES string of the molecule is CC(=O)c1ccc(OCC2CC=CCC2C)nc1. The van der Waals surface area contributed by atoms with Gasteiger partial charge in [-0.1, -0.05) is 19.1 Å². The van der Waals surface area contributed by atoms with Gasteiger partial charge in [0, 0.05) is 17.8 Å². The molecule has 1 aromatic heterocycles. The van der Waals surface area contributed by atoms with Gasteiger partial charge in [-0.3, -0.25) is 4.79 Å². The van der Waals surface area contributed by atoms with Gasteiger partial charge in [0.05, 0.1) is 6.61 Å². The second-order valence-electron chi connectivity index (χ2n) is 4.93. The van der Waals surface area contributed by atoms with Gasteiger partial charge in [-0.2, -0.15) is 0 Å². The summed E-state index contributed by atoms with van der Waals surface area (Å²) in [7, 11) is 0. The quantitative estimate of drug-likeness (QED) is 0.603. The zero-order valence-corrected chi connectivity index (χ0v) is 10.9. The first-order chi connectivity index (χ1) is 8.66. The molecule has 0 saturated carbocycles. The van der Waals surface area contributed by atoms with Gasteiger partial charge in [-0.05, 0) is 37.7 Å². The molecule has 2 rings (SSSR count). The highest BCUT2D eigenvalue weighted by Gasteiger charge is 2.18. The molecule has 2 unspecified atom stereocenters. The van der Waals surface area contributed by atoms with E-state index in [2.05, 4.69) is 24.1 Å². The van der Waals surface area contributed by atoms with E-state index in [1.54, 1.807) is 18.3 Å². The van der Waals surface area contributed by atoms with E-state index in [1.807, 2.05) is 0 Å². The van der Waals surface area contributed by atoms with E-state index >= 15 is 0 Å². The second-order valence-corrected chi connectivity index (χ2v) is 4.93. The number of Topliss-reactive ketones (excluding diaryl/α,β-unsaturated/α-hetero) is 1. The zero-order valence-electron chi connectivity index (χ0n) is 10.9. The van der Waals surface area contributed by atoms with Crippen LogP contribution in [0, 0.1) is 11.8 Å². The summed E-state index contributed by atoms with van der Waals surface area (Å²) in [5.41, 5.74) is 0.622. The van der Waals surface area contributed by atoms with Crippen LogP contribution in [0.4, 0.5) is 0 Å². The van der Waals surface area contributed by atoms with Crippen molar-refractivity contribution in [2.24, 2.45) is 11.8 Å². The molecule has 0 amide bonds. The fraction of sp³-hybridized carbons (Fsp3) is 0.467. The summed E-state index contributed by atoms with van der Waals surface area (Å²) in [6.45, 7) is 4.48. The number of nitrogens with zero attached hydrogens (tertiary/aromatic N) is 1. The molecule has 2 atom stereocenters. The summed E-state index contributed by atoms with van der Waals surface area (Å²) in [5, 5.41) is 0. The van der Waals surface area contributed by atoms with E-state index in [-0.39, 0.29) is 5.78 Å². The van der Waals surface area contributed by atoms with Crippen LogP contribution in [0.5, 0.6) is 5.88 Å². The Bertz CT molecular complexity index is 436. The molecule has 1 aliphatic carbocycles. The summed E-state index contributed by atoms with van der Waals surface area (Å²) in [6.07, 6.45) is 8.24. The van der Waals surface area contributed by atoms with E-state index < -0.39 is 0 Å². The molecule has 0 N–H and O–H groups in total. The van der Waals surface area contributed by atoms with Crippen molar-refractivity contribution in [2.45, 2.75) is 26.7 Å². The van der Waals surface area contributed by atoms with E-state index in [0.717, 1.165) is 12.8 Å². The van der Waals surface area contributed by atoms with Gasteiger partial charge in [0.25, 0.3) is 0 Å². The molecule has 1 heterocycles. The highest BCUT2D eigenvalue weighted by atomic mass is 16.5. The third-order valence-corrected chi connectivity index (χ3v) is 3.51. The number of pyridine rings is 1. The first-order valence-electron chi connectivity index (χ1n) is 6.41. The highest BCUT2D eigenvalue weighted by Crippen LogP contribution is 2.25. The number of rotatable bonds is 4. The maximum absolute atomic E-state index is 11.1. The van der Waals surface area contributed by atoms with Crippen LogP contribution in [0.15, 0.2) is 30.5 Å². The van der Waals surface area contributed by atoms with Crippen molar-refractivity contribution in [3.63, 3.8) is 0 Å². The number of hydrogen-bond acceptors (Lipinski definition) is 3. The van der Waals surface area contributed by atoms with E-state index in [1.165, 1.54) is 6.92 Å². The Morgan fingerprint density at radius 1 is 1.39 bits per heavy atom. The van der Waals surface area contributed by atoms with Crippen LogP contribution < -0.4 is 4.74 Å². The number of aromatic nitrogens is 1. The van der Waals surface area contributed by atoms with Crippen LogP contribution in [0.3, 0.4) is 0 Å². The Morgan fingerprint density at radius 3 is 2.78 bits per heavy atom. The molecule has 1 aliphatic rings. The van der Waals surface area contributed by atoms with Crippen molar-refractivity contribution in [3.05, 3.63) is 36.0 Å². The number of ketones is 1. The zero-order chi connectivity index (χ0) is 13.0. The summed E-state index contributed by atoms with van der Waals surface area (Å²) >= 11 is 0. The molecule has 0 bridgehead atoms. The van der Waals surface area contributed by atoms with Gasteiger partial charge in [-0.25, -0.2) is 4.98 Å². The Labute approximate surface area is 108 Å². The molecule has 3 nitrogen and oxygen atoms in total. The average molecular weight is 245 g/mol.